The highest BCUT2D eigenvalue weighted by atomic mass is 32.3. The van der Waals surface area contributed by atoms with Crippen LogP contribution in [-0.4, -0.2) is 73.3 Å². The first kappa shape index (κ1) is 16.1. The Kier molecular flexibility index (Phi) is 4.67. The summed E-state index contributed by atoms with van der Waals surface area (Å²) in [7, 11) is -4.51. The minimum absolute atomic E-state index is 0.000874. The van der Waals surface area contributed by atoms with E-state index in [9.17, 15) is 13.2 Å². The molecule has 3 atom stereocenters. The molecule has 0 saturated carbocycles. The molecule has 0 spiro atoms. The summed E-state index contributed by atoms with van der Waals surface area (Å²) in [5.74, 6) is -0.000874. The summed E-state index contributed by atoms with van der Waals surface area (Å²) in [6, 6.07) is -0.162. The van der Waals surface area contributed by atoms with Gasteiger partial charge in [0.1, 0.15) is 0 Å². The molecule has 126 valence electrons. The molecule has 22 heavy (non-hydrogen) atoms. The number of carbonyl (C=O) groups excluding carboxylic acids is 1. The van der Waals surface area contributed by atoms with Gasteiger partial charge in [0.15, 0.2) is 0 Å². The number of hydroxylamine groups is 2. The SMILES string of the molecule is O=C(NC1CCNCC1)[C@@H]1CC[C@@H]2CN1CN2OS(=O)(=O)O. The van der Waals surface area contributed by atoms with Gasteiger partial charge in [-0.3, -0.25) is 14.2 Å². The second-order valence-corrected chi connectivity index (χ2v) is 7.12. The smallest absolute Gasteiger partial charge is 0.352 e. The molecular weight excluding hydrogens is 312 g/mol. The molecule has 0 aromatic carbocycles. The molecular formula is C12H22N4O5S. The summed E-state index contributed by atoms with van der Waals surface area (Å²) in [4.78, 5) is 14.3. The third-order valence-corrected chi connectivity index (χ3v) is 4.95. The first-order valence-corrected chi connectivity index (χ1v) is 8.98. The predicted molar refractivity (Wildman–Crippen MR) is 76.9 cm³/mol. The average Bonchev–Trinajstić information content (AvgIpc) is 2.74. The Balaban J connectivity index is 1.57. The monoisotopic (exact) mass is 334 g/mol. The van der Waals surface area contributed by atoms with Crippen LogP contribution in [0.15, 0.2) is 0 Å². The van der Waals surface area contributed by atoms with Gasteiger partial charge in [-0.2, -0.15) is 17.8 Å². The Morgan fingerprint density at radius 2 is 1.95 bits per heavy atom. The minimum atomic E-state index is -4.51. The topological polar surface area (TPSA) is 111 Å². The molecule has 2 bridgehead atoms. The van der Waals surface area contributed by atoms with Gasteiger partial charge in [-0.15, -0.1) is 0 Å². The van der Waals surface area contributed by atoms with Crippen LogP contribution < -0.4 is 10.6 Å². The van der Waals surface area contributed by atoms with E-state index in [0.717, 1.165) is 25.9 Å². The maximum Gasteiger partial charge on any atom is 0.413 e. The van der Waals surface area contributed by atoms with Gasteiger partial charge in [-0.25, -0.2) is 0 Å². The molecule has 9 nitrogen and oxygen atoms in total. The average molecular weight is 334 g/mol. The summed E-state index contributed by atoms with van der Waals surface area (Å²) >= 11 is 0. The molecule has 1 amide bonds. The van der Waals surface area contributed by atoms with Crippen molar-refractivity contribution in [2.24, 2.45) is 0 Å². The zero-order valence-corrected chi connectivity index (χ0v) is 13.1. The van der Waals surface area contributed by atoms with Gasteiger partial charge in [0, 0.05) is 12.6 Å². The highest BCUT2D eigenvalue weighted by Crippen LogP contribution is 2.29. The van der Waals surface area contributed by atoms with Gasteiger partial charge in [0.25, 0.3) is 0 Å². The molecule has 3 aliphatic heterocycles. The van der Waals surface area contributed by atoms with Crippen LogP contribution in [0.1, 0.15) is 25.7 Å². The molecule has 3 heterocycles. The largest absolute Gasteiger partial charge is 0.413 e. The van der Waals surface area contributed by atoms with Gasteiger partial charge >= 0.3 is 10.4 Å². The Morgan fingerprint density at radius 3 is 2.64 bits per heavy atom. The highest BCUT2D eigenvalue weighted by Gasteiger charge is 2.44. The maximum absolute atomic E-state index is 12.4. The van der Waals surface area contributed by atoms with Gasteiger partial charge in [0.2, 0.25) is 5.91 Å². The van der Waals surface area contributed by atoms with E-state index >= 15 is 0 Å². The fraction of sp³-hybridized carbons (Fsp3) is 0.917. The fourth-order valence-corrected chi connectivity index (χ4v) is 3.88. The molecule has 10 heteroatoms. The Labute approximate surface area is 129 Å². The molecule has 1 unspecified atom stereocenters. The number of nitrogens with zero attached hydrogens (tertiary/aromatic N) is 2. The first-order valence-electron chi connectivity index (χ1n) is 7.61. The van der Waals surface area contributed by atoms with Gasteiger partial charge < -0.3 is 10.6 Å². The number of amides is 1. The van der Waals surface area contributed by atoms with Crippen LogP contribution in [0.2, 0.25) is 0 Å². The van der Waals surface area contributed by atoms with E-state index in [1.807, 2.05) is 4.90 Å². The fourth-order valence-electron chi connectivity index (χ4n) is 3.47. The summed E-state index contributed by atoms with van der Waals surface area (Å²) in [5.41, 5.74) is 0. The summed E-state index contributed by atoms with van der Waals surface area (Å²) in [6.45, 7) is 2.60. The minimum Gasteiger partial charge on any atom is -0.352 e. The molecule has 0 radical (unpaired) electrons. The van der Waals surface area contributed by atoms with Gasteiger partial charge in [-0.05, 0) is 38.8 Å². The first-order chi connectivity index (χ1) is 10.4. The normalized spacial score (nSPS) is 33.8. The maximum atomic E-state index is 12.4. The van der Waals surface area contributed by atoms with Crippen molar-refractivity contribution < 1.29 is 22.0 Å². The van der Waals surface area contributed by atoms with E-state index in [2.05, 4.69) is 14.9 Å². The van der Waals surface area contributed by atoms with Crippen molar-refractivity contribution in [3.8, 4) is 0 Å². The van der Waals surface area contributed by atoms with E-state index in [4.69, 9.17) is 4.55 Å². The number of hydrogen-bond donors (Lipinski definition) is 3. The molecule has 0 aliphatic carbocycles. The standard InChI is InChI=1S/C12H22N4O5S/c17-12(14-9-3-5-13-6-4-9)11-2-1-10-7-15(11)8-16(10)21-22(18,19)20/h9-11,13H,1-8H2,(H,14,17)(H,18,19,20)/t10-,11+/m1/s1. The van der Waals surface area contributed by atoms with Crippen LogP contribution in [0.4, 0.5) is 0 Å². The van der Waals surface area contributed by atoms with Crippen LogP contribution in [0, 0.1) is 0 Å². The Bertz CT molecular complexity index is 522. The molecule has 0 aromatic rings. The molecule has 0 aromatic heterocycles. The van der Waals surface area contributed by atoms with Crippen LogP contribution in [0.5, 0.6) is 0 Å². The number of nitrogens with one attached hydrogen (secondary N) is 2. The second-order valence-electron chi connectivity index (χ2n) is 6.11. The molecule has 3 rings (SSSR count). The van der Waals surface area contributed by atoms with Crippen LogP contribution in [-0.2, 0) is 19.5 Å². The van der Waals surface area contributed by atoms with Crippen molar-refractivity contribution in [3.05, 3.63) is 0 Å². The lowest BCUT2D eigenvalue weighted by Gasteiger charge is -2.32. The van der Waals surface area contributed by atoms with E-state index < -0.39 is 10.4 Å². The lowest BCUT2D eigenvalue weighted by Crippen LogP contribution is -2.52. The van der Waals surface area contributed by atoms with Crippen LogP contribution >= 0.6 is 0 Å². The van der Waals surface area contributed by atoms with E-state index in [0.29, 0.717) is 19.4 Å². The Hall–Kier alpha value is -0.780. The highest BCUT2D eigenvalue weighted by molar-refractivity contribution is 7.80. The molecule has 3 fully saturated rings. The quantitative estimate of drug-likeness (QED) is 0.544. The number of piperidine rings is 2. The van der Waals surface area contributed by atoms with Gasteiger partial charge in [-0.1, -0.05) is 0 Å². The third kappa shape index (κ3) is 3.76. The van der Waals surface area contributed by atoms with E-state index in [1.54, 1.807) is 0 Å². The third-order valence-electron chi connectivity index (χ3n) is 4.57. The zero-order chi connectivity index (χ0) is 15.7. The summed E-state index contributed by atoms with van der Waals surface area (Å²) < 4.78 is 35.0. The number of hydrogen-bond acceptors (Lipinski definition) is 7. The van der Waals surface area contributed by atoms with Crippen molar-refractivity contribution in [2.75, 3.05) is 26.3 Å². The number of rotatable bonds is 4. The molecule has 3 aliphatic rings. The van der Waals surface area contributed by atoms with Crippen molar-refractivity contribution in [2.45, 2.75) is 43.8 Å². The van der Waals surface area contributed by atoms with E-state index in [-0.39, 0.29) is 30.7 Å². The predicted octanol–water partition coefficient (Wildman–Crippen LogP) is -1.30. The van der Waals surface area contributed by atoms with Crippen molar-refractivity contribution in [1.82, 2.24) is 20.6 Å². The molecule has 3 N–H and O–H groups in total. The summed E-state index contributed by atoms with van der Waals surface area (Å²) in [6.07, 6.45) is 3.18. The lowest BCUT2D eigenvalue weighted by molar-refractivity contribution is -0.128. The number of carbonyl (C=O) groups is 1. The molecule has 3 saturated heterocycles. The van der Waals surface area contributed by atoms with Crippen molar-refractivity contribution in [3.63, 3.8) is 0 Å². The van der Waals surface area contributed by atoms with E-state index in [1.165, 1.54) is 5.06 Å². The zero-order valence-electron chi connectivity index (χ0n) is 12.3. The van der Waals surface area contributed by atoms with Crippen LogP contribution in [0.25, 0.3) is 0 Å². The van der Waals surface area contributed by atoms with Crippen molar-refractivity contribution >= 4 is 16.3 Å². The van der Waals surface area contributed by atoms with Crippen LogP contribution in [0.3, 0.4) is 0 Å². The summed E-state index contributed by atoms with van der Waals surface area (Å²) in [5, 5.41) is 7.59. The van der Waals surface area contributed by atoms with Gasteiger partial charge in [0.05, 0.1) is 18.8 Å². The Morgan fingerprint density at radius 1 is 1.23 bits per heavy atom. The number of fused-ring (bicyclic) bond motifs is 2. The lowest BCUT2D eigenvalue weighted by atomic mass is 9.99. The van der Waals surface area contributed by atoms with Crippen molar-refractivity contribution in [1.29, 1.82) is 0 Å². The second kappa shape index (κ2) is 6.38.